The van der Waals surface area contributed by atoms with Crippen molar-refractivity contribution in [3.63, 3.8) is 0 Å². The number of aryl methyl sites for hydroxylation is 1. The summed E-state index contributed by atoms with van der Waals surface area (Å²) in [7, 11) is 0. The molecule has 1 fully saturated rings. The Bertz CT molecular complexity index is 423. The molecule has 0 saturated heterocycles. The minimum absolute atomic E-state index is 0.00742. The number of amides is 1. The Morgan fingerprint density at radius 1 is 1.33 bits per heavy atom. The lowest BCUT2D eigenvalue weighted by molar-refractivity contribution is 0.0956. The molecule has 0 aliphatic heterocycles. The fourth-order valence-electron chi connectivity index (χ4n) is 2.52. The summed E-state index contributed by atoms with van der Waals surface area (Å²) in [5, 5.41) is 6.40. The Kier molecular flexibility index (Phi) is 4.24. The van der Waals surface area contributed by atoms with Gasteiger partial charge in [-0.05, 0) is 50.5 Å². The highest BCUT2D eigenvalue weighted by Crippen LogP contribution is 2.24. The van der Waals surface area contributed by atoms with Gasteiger partial charge in [-0.1, -0.05) is 12.8 Å². The number of carbonyl (C=O) groups is 1. The molecular formula is C15H22N2O. The van der Waals surface area contributed by atoms with E-state index in [0.29, 0.717) is 12.6 Å². The molecule has 1 aromatic rings. The molecule has 1 aliphatic rings. The molecule has 3 heteroatoms. The van der Waals surface area contributed by atoms with E-state index in [9.17, 15) is 4.79 Å². The van der Waals surface area contributed by atoms with Crippen LogP contribution in [0.5, 0.6) is 0 Å². The van der Waals surface area contributed by atoms with E-state index < -0.39 is 0 Å². The van der Waals surface area contributed by atoms with Crippen molar-refractivity contribution in [1.29, 1.82) is 0 Å². The van der Waals surface area contributed by atoms with Crippen LogP contribution in [0.3, 0.4) is 0 Å². The minimum Gasteiger partial charge on any atom is -0.382 e. The monoisotopic (exact) mass is 246 g/mol. The fraction of sp³-hybridized carbons (Fsp3) is 0.533. The SMILES string of the molecule is CCNC(=O)c1ccc(NC2CCCC2)c(C)c1. The van der Waals surface area contributed by atoms with Crippen molar-refractivity contribution in [3.05, 3.63) is 29.3 Å². The number of nitrogens with one attached hydrogen (secondary N) is 2. The third-order valence-electron chi connectivity index (χ3n) is 3.54. The van der Waals surface area contributed by atoms with Crippen LogP contribution in [-0.4, -0.2) is 18.5 Å². The Hall–Kier alpha value is -1.51. The van der Waals surface area contributed by atoms with Crippen molar-refractivity contribution >= 4 is 11.6 Å². The van der Waals surface area contributed by atoms with Gasteiger partial charge in [-0.3, -0.25) is 4.79 Å². The maximum absolute atomic E-state index is 11.7. The van der Waals surface area contributed by atoms with Crippen LogP contribution >= 0.6 is 0 Å². The van der Waals surface area contributed by atoms with E-state index in [1.807, 2.05) is 25.1 Å². The average Bonchev–Trinajstić information content (AvgIpc) is 2.85. The van der Waals surface area contributed by atoms with Gasteiger partial charge in [0, 0.05) is 23.8 Å². The number of hydrogen-bond donors (Lipinski definition) is 2. The first-order chi connectivity index (χ1) is 8.70. The van der Waals surface area contributed by atoms with Crippen molar-refractivity contribution in [1.82, 2.24) is 5.32 Å². The Morgan fingerprint density at radius 2 is 2.06 bits per heavy atom. The lowest BCUT2D eigenvalue weighted by atomic mass is 10.1. The van der Waals surface area contributed by atoms with E-state index in [-0.39, 0.29) is 5.91 Å². The second-order valence-electron chi connectivity index (χ2n) is 5.01. The van der Waals surface area contributed by atoms with Gasteiger partial charge in [0.1, 0.15) is 0 Å². The van der Waals surface area contributed by atoms with Gasteiger partial charge < -0.3 is 10.6 Å². The van der Waals surface area contributed by atoms with E-state index in [1.165, 1.54) is 25.7 Å². The summed E-state index contributed by atoms with van der Waals surface area (Å²) < 4.78 is 0. The third-order valence-corrected chi connectivity index (χ3v) is 3.54. The molecule has 0 unspecified atom stereocenters. The van der Waals surface area contributed by atoms with Crippen molar-refractivity contribution in [2.24, 2.45) is 0 Å². The molecule has 0 atom stereocenters. The predicted octanol–water partition coefficient (Wildman–Crippen LogP) is 3.10. The van der Waals surface area contributed by atoms with Crippen LogP contribution < -0.4 is 10.6 Å². The summed E-state index contributed by atoms with van der Waals surface area (Å²) in [6, 6.07) is 6.49. The molecule has 18 heavy (non-hydrogen) atoms. The van der Waals surface area contributed by atoms with Crippen LogP contribution in [0.4, 0.5) is 5.69 Å². The standard InChI is InChI=1S/C15H22N2O/c1-3-16-15(18)12-8-9-14(11(2)10-12)17-13-6-4-5-7-13/h8-10,13,17H,3-7H2,1-2H3,(H,16,18). The predicted molar refractivity (Wildman–Crippen MR) is 75.1 cm³/mol. The molecule has 0 aromatic heterocycles. The Morgan fingerprint density at radius 3 is 2.67 bits per heavy atom. The maximum atomic E-state index is 11.7. The van der Waals surface area contributed by atoms with Gasteiger partial charge in [0.2, 0.25) is 0 Å². The highest BCUT2D eigenvalue weighted by atomic mass is 16.1. The Labute approximate surface area is 109 Å². The van der Waals surface area contributed by atoms with E-state index in [0.717, 1.165) is 16.8 Å². The van der Waals surface area contributed by atoms with Crippen LogP contribution in [0.25, 0.3) is 0 Å². The highest BCUT2D eigenvalue weighted by molar-refractivity contribution is 5.94. The molecule has 0 spiro atoms. The molecular weight excluding hydrogens is 224 g/mol. The first kappa shape index (κ1) is 12.9. The zero-order valence-corrected chi connectivity index (χ0v) is 11.3. The first-order valence-electron chi connectivity index (χ1n) is 6.86. The van der Waals surface area contributed by atoms with Gasteiger partial charge in [-0.25, -0.2) is 0 Å². The summed E-state index contributed by atoms with van der Waals surface area (Å²) in [6.07, 6.45) is 5.18. The normalized spacial score (nSPS) is 15.7. The molecule has 1 saturated carbocycles. The molecule has 2 rings (SSSR count). The Balaban J connectivity index is 2.06. The van der Waals surface area contributed by atoms with Gasteiger partial charge in [0.25, 0.3) is 5.91 Å². The van der Waals surface area contributed by atoms with Gasteiger partial charge in [0.15, 0.2) is 0 Å². The zero-order chi connectivity index (χ0) is 13.0. The lowest BCUT2D eigenvalue weighted by Crippen LogP contribution is -2.23. The van der Waals surface area contributed by atoms with Gasteiger partial charge in [0.05, 0.1) is 0 Å². The van der Waals surface area contributed by atoms with Gasteiger partial charge >= 0.3 is 0 Å². The van der Waals surface area contributed by atoms with Crippen molar-refractivity contribution in [2.45, 2.75) is 45.6 Å². The van der Waals surface area contributed by atoms with Crippen LogP contribution in [0, 0.1) is 6.92 Å². The van der Waals surface area contributed by atoms with Crippen molar-refractivity contribution in [2.75, 3.05) is 11.9 Å². The van der Waals surface area contributed by atoms with Crippen molar-refractivity contribution in [3.8, 4) is 0 Å². The van der Waals surface area contributed by atoms with Crippen LogP contribution in [0.2, 0.25) is 0 Å². The molecule has 0 bridgehead atoms. The molecule has 0 radical (unpaired) electrons. The number of carbonyl (C=O) groups excluding carboxylic acids is 1. The first-order valence-corrected chi connectivity index (χ1v) is 6.86. The topological polar surface area (TPSA) is 41.1 Å². The van der Waals surface area contributed by atoms with Crippen LogP contribution in [0.15, 0.2) is 18.2 Å². The van der Waals surface area contributed by atoms with E-state index in [2.05, 4.69) is 17.6 Å². The zero-order valence-electron chi connectivity index (χ0n) is 11.3. The molecule has 2 N–H and O–H groups in total. The third kappa shape index (κ3) is 3.03. The molecule has 1 amide bonds. The average molecular weight is 246 g/mol. The smallest absolute Gasteiger partial charge is 0.251 e. The number of benzene rings is 1. The van der Waals surface area contributed by atoms with E-state index in [4.69, 9.17) is 0 Å². The maximum Gasteiger partial charge on any atom is 0.251 e. The fourth-order valence-corrected chi connectivity index (χ4v) is 2.52. The quantitative estimate of drug-likeness (QED) is 0.857. The summed E-state index contributed by atoms with van der Waals surface area (Å²) >= 11 is 0. The number of hydrogen-bond acceptors (Lipinski definition) is 2. The van der Waals surface area contributed by atoms with Gasteiger partial charge in [-0.15, -0.1) is 0 Å². The molecule has 1 aromatic carbocycles. The number of anilines is 1. The van der Waals surface area contributed by atoms with Crippen LogP contribution in [0.1, 0.15) is 48.5 Å². The second-order valence-corrected chi connectivity index (χ2v) is 5.01. The summed E-state index contributed by atoms with van der Waals surface area (Å²) in [4.78, 5) is 11.7. The number of rotatable bonds is 4. The van der Waals surface area contributed by atoms with Crippen molar-refractivity contribution < 1.29 is 4.79 Å². The minimum atomic E-state index is 0.00742. The summed E-state index contributed by atoms with van der Waals surface area (Å²) in [5.41, 5.74) is 3.05. The van der Waals surface area contributed by atoms with E-state index >= 15 is 0 Å². The molecule has 98 valence electrons. The highest BCUT2D eigenvalue weighted by Gasteiger charge is 2.15. The summed E-state index contributed by atoms with van der Waals surface area (Å²) in [5.74, 6) is 0.00742. The van der Waals surface area contributed by atoms with Gasteiger partial charge in [-0.2, -0.15) is 0 Å². The van der Waals surface area contributed by atoms with E-state index in [1.54, 1.807) is 0 Å². The molecule has 1 aliphatic carbocycles. The second kappa shape index (κ2) is 5.89. The van der Waals surface area contributed by atoms with Crippen LogP contribution in [-0.2, 0) is 0 Å². The lowest BCUT2D eigenvalue weighted by Gasteiger charge is -2.16. The largest absolute Gasteiger partial charge is 0.382 e. The molecule has 0 heterocycles. The summed E-state index contributed by atoms with van der Waals surface area (Å²) in [6.45, 7) is 4.65. The molecule has 3 nitrogen and oxygen atoms in total.